The maximum Gasteiger partial charge on any atom is 0.162 e. The van der Waals surface area contributed by atoms with Crippen LogP contribution in [-0.2, 0) is 11.2 Å². The van der Waals surface area contributed by atoms with Crippen LogP contribution >= 0.6 is 0 Å². The summed E-state index contributed by atoms with van der Waals surface area (Å²) in [6, 6.07) is 21.5. The molecule has 2 aliphatic rings. The van der Waals surface area contributed by atoms with E-state index < -0.39 is 0 Å². The molecule has 0 radical (unpaired) electrons. The first-order valence-corrected chi connectivity index (χ1v) is 10.6. The maximum absolute atomic E-state index is 13.4. The summed E-state index contributed by atoms with van der Waals surface area (Å²) in [5, 5.41) is 6.18. The molecule has 3 aromatic carbocycles. The molecular formula is C27H27NO. The number of fused-ring (bicyclic) bond motifs is 4. The highest BCUT2D eigenvalue weighted by atomic mass is 16.1. The predicted octanol–water partition coefficient (Wildman–Crippen LogP) is 6.71. The molecule has 0 amide bonds. The highest BCUT2D eigenvalue weighted by Crippen LogP contribution is 2.51. The highest BCUT2D eigenvalue weighted by Gasteiger charge is 2.40. The quantitative estimate of drug-likeness (QED) is 0.534. The summed E-state index contributed by atoms with van der Waals surface area (Å²) >= 11 is 0. The number of carbonyl (C=O) groups excluding carboxylic acids is 1. The first-order valence-electron chi connectivity index (χ1n) is 10.6. The summed E-state index contributed by atoms with van der Waals surface area (Å²) < 4.78 is 0. The van der Waals surface area contributed by atoms with Crippen LogP contribution < -0.4 is 5.32 Å². The van der Waals surface area contributed by atoms with Crippen molar-refractivity contribution in [3.05, 3.63) is 82.9 Å². The van der Waals surface area contributed by atoms with Gasteiger partial charge in [-0.25, -0.2) is 0 Å². The number of hydrogen-bond acceptors (Lipinski definition) is 2. The second kappa shape index (κ2) is 6.59. The number of carbonyl (C=O) groups is 1. The summed E-state index contributed by atoms with van der Waals surface area (Å²) in [4.78, 5) is 13.4. The third-order valence-electron chi connectivity index (χ3n) is 6.46. The second-order valence-corrected chi connectivity index (χ2v) is 9.21. The molecule has 2 heteroatoms. The molecule has 29 heavy (non-hydrogen) atoms. The molecule has 1 N–H and O–H groups in total. The minimum absolute atomic E-state index is 0.0158. The average molecular weight is 382 g/mol. The predicted molar refractivity (Wildman–Crippen MR) is 121 cm³/mol. The van der Waals surface area contributed by atoms with E-state index in [0.717, 1.165) is 24.1 Å². The van der Waals surface area contributed by atoms with E-state index in [2.05, 4.69) is 86.8 Å². The number of rotatable bonds is 2. The Morgan fingerprint density at radius 2 is 1.72 bits per heavy atom. The van der Waals surface area contributed by atoms with Gasteiger partial charge in [0.2, 0.25) is 0 Å². The highest BCUT2D eigenvalue weighted by molar-refractivity contribution is 6.12. The number of hydrogen-bond donors (Lipinski definition) is 1. The lowest BCUT2D eigenvalue weighted by Gasteiger charge is -2.40. The van der Waals surface area contributed by atoms with Crippen LogP contribution in [-0.4, -0.2) is 5.78 Å². The number of aryl methyl sites for hydroxylation is 1. The molecule has 3 aromatic rings. The van der Waals surface area contributed by atoms with Crippen LogP contribution in [0.1, 0.15) is 56.3 Å². The lowest BCUT2D eigenvalue weighted by molar-refractivity contribution is -0.118. The fourth-order valence-corrected chi connectivity index (χ4v) is 5.03. The Morgan fingerprint density at radius 3 is 2.48 bits per heavy atom. The Bertz CT molecular complexity index is 1150. The van der Waals surface area contributed by atoms with Crippen LogP contribution in [0.5, 0.6) is 0 Å². The minimum atomic E-state index is -0.0758. The summed E-state index contributed by atoms with van der Waals surface area (Å²) in [5.41, 5.74) is 7.04. The van der Waals surface area contributed by atoms with Crippen molar-refractivity contribution >= 4 is 27.8 Å². The zero-order chi connectivity index (χ0) is 20.2. The normalized spacial score (nSPS) is 20.2. The van der Waals surface area contributed by atoms with Crippen LogP contribution in [0, 0.1) is 5.41 Å². The molecule has 1 aliphatic heterocycles. The van der Waals surface area contributed by atoms with Crippen LogP contribution in [0.4, 0.5) is 5.69 Å². The van der Waals surface area contributed by atoms with Crippen LogP contribution in [0.25, 0.3) is 16.3 Å². The van der Waals surface area contributed by atoms with E-state index in [-0.39, 0.29) is 17.2 Å². The number of anilines is 1. The van der Waals surface area contributed by atoms with Gasteiger partial charge in [0.05, 0.1) is 6.04 Å². The van der Waals surface area contributed by atoms with Crippen molar-refractivity contribution in [1.82, 2.24) is 0 Å². The average Bonchev–Trinajstić information content (AvgIpc) is 2.72. The Balaban J connectivity index is 1.76. The topological polar surface area (TPSA) is 29.1 Å². The van der Waals surface area contributed by atoms with Crippen LogP contribution in [0.3, 0.4) is 0 Å². The van der Waals surface area contributed by atoms with E-state index in [0.29, 0.717) is 6.42 Å². The summed E-state index contributed by atoms with van der Waals surface area (Å²) in [6.07, 6.45) is 2.56. The van der Waals surface area contributed by atoms with E-state index in [1.165, 1.54) is 33.0 Å². The van der Waals surface area contributed by atoms with E-state index in [4.69, 9.17) is 0 Å². The van der Waals surface area contributed by atoms with Crippen molar-refractivity contribution in [1.29, 1.82) is 0 Å². The molecule has 1 atom stereocenters. The van der Waals surface area contributed by atoms with E-state index in [1.807, 2.05) is 0 Å². The fraction of sp³-hybridized carbons (Fsp3) is 0.296. The van der Waals surface area contributed by atoms with Gasteiger partial charge in [0.15, 0.2) is 5.78 Å². The van der Waals surface area contributed by atoms with Gasteiger partial charge < -0.3 is 5.32 Å². The molecule has 0 aromatic heterocycles. The molecule has 1 heterocycles. The standard InChI is InChI=1S/C27H27NO/c1-4-17-9-11-19(12-10-17)26-25-21(15-27(2,3)16-23(25)29)24-20-8-6-5-7-18(20)13-14-22(24)28-26/h5-14,26,28H,4,15-16H2,1-3H3. The van der Waals surface area contributed by atoms with E-state index in [1.54, 1.807) is 0 Å². The smallest absolute Gasteiger partial charge is 0.162 e. The van der Waals surface area contributed by atoms with Crippen molar-refractivity contribution in [2.45, 2.75) is 46.1 Å². The third-order valence-corrected chi connectivity index (χ3v) is 6.46. The van der Waals surface area contributed by atoms with Crippen molar-refractivity contribution in [3.8, 4) is 0 Å². The SMILES string of the molecule is CCc1ccc(C2Nc3ccc4ccccc4c3C3=C2C(=O)CC(C)(C)C3)cc1. The molecule has 146 valence electrons. The van der Waals surface area contributed by atoms with Gasteiger partial charge in [-0.15, -0.1) is 0 Å². The van der Waals surface area contributed by atoms with E-state index in [9.17, 15) is 4.79 Å². The molecular weight excluding hydrogens is 354 g/mol. The number of Topliss-reactive ketones (excluding diaryl/α,β-unsaturated/α-hetero) is 1. The monoisotopic (exact) mass is 381 g/mol. The Labute approximate surface area is 172 Å². The number of ketones is 1. The molecule has 0 spiro atoms. The second-order valence-electron chi connectivity index (χ2n) is 9.21. The van der Waals surface area contributed by atoms with Gasteiger partial charge in [0.1, 0.15) is 0 Å². The zero-order valence-corrected chi connectivity index (χ0v) is 17.4. The molecule has 0 bridgehead atoms. The fourth-order valence-electron chi connectivity index (χ4n) is 5.03. The molecule has 2 nitrogen and oxygen atoms in total. The molecule has 0 fully saturated rings. The van der Waals surface area contributed by atoms with Crippen molar-refractivity contribution in [2.75, 3.05) is 5.32 Å². The van der Waals surface area contributed by atoms with Crippen LogP contribution in [0.2, 0.25) is 0 Å². The number of nitrogens with one attached hydrogen (secondary N) is 1. The van der Waals surface area contributed by atoms with Gasteiger partial charge >= 0.3 is 0 Å². The largest absolute Gasteiger partial charge is 0.373 e. The Hall–Kier alpha value is -2.87. The molecule has 0 saturated carbocycles. The summed E-state index contributed by atoms with van der Waals surface area (Å²) in [6.45, 7) is 6.60. The summed E-state index contributed by atoms with van der Waals surface area (Å²) in [7, 11) is 0. The molecule has 5 rings (SSSR count). The van der Waals surface area contributed by atoms with Gasteiger partial charge in [-0.3, -0.25) is 4.79 Å². The first-order chi connectivity index (χ1) is 14.0. The van der Waals surface area contributed by atoms with Gasteiger partial charge in [-0.1, -0.05) is 75.4 Å². The zero-order valence-electron chi connectivity index (χ0n) is 17.4. The minimum Gasteiger partial charge on any atom is -0.373 e. The van der Waals surface area contributed by atoms with Crippen LogP contribution in [0.15, 0.2) is 66.2 Å². The van der Waals surface area contributed by atoms with E-state index >= 15 is 0 Å². The Morgan fingerprint density at radius 1 is 0.966 bits per heavy atom. The molecule has 1 aliphatic carbocycles. The van der Waals surface area contributed by atoms with Crippen molar-refractivity contribution in [3.63, 3.8) is 0 Å². The van der Waals surface area contributed by atoms with Gasteiger partial charge in [-0.2, -0.15) is 0 Å². The number of allylic oxidation sites excluding steroid dienone is 1. The maximum atomic E-state index is 13.4. The Kier molecular flexibility index (Phi) is 4.13. The van der Waals surface area contributed by atoms with Gasteiger partial charge in [0, 0.05) is 23.2 Å². The lowest BCUT2D eigenvalue weighted by atomic mass is 9.68. The third kappa shape index (κ3) is 2.98. The molecule has 1 unspecified atom stereocenters. The van der Waals surface area contributed by atoms with Crippen molar-refractivity contribution < 1.29 is 4.79 Å². The summed E-state index contributed by atoms with van der Waals surface area (Å²) in [5.74, 6) is 0.284. The lowest BCUT2D eigenvalue weighted by Crippen LogP contribution is -2.33. The molecule has 0 saturated heterocycles. The first kappa shape index (κ1) is 18.2. The van der Waals surface area contributed by atoms with Crippen molar-refractivity contribution in [2.24, 2.45) is 5.41 Å². The van der Waals surface area contributed by atoms with Gasteiger partial charge in [0.25, 0.3) is 0 Å². The number of benzene rings is 3. The van der Waals surface area contributed by atoms with Gasteiger partial charge in [-0.05, 0) is 51.8 Å².